The zero-order valence-electron chi connectivity index (χ0n) is 30.8. The first-order valence-electron chi connectivity index (χ1n) is 17.9. The van der Waals surface area contributed by atoms with Crippen molar-refractivity contribution in [2.24, 2.45) is 5.92 Å². The fourth-order valence-electron chi connectivity index (χ4n) is 8.10. The highest BCUT2D eigenvalue weighted by Gasteiger charge is 2.66. The van der Waals surface area contributed by atoms with Gasteiger partial charge in [0, 0.05) is 31.1 Å². The molecule has 2 heterocycles. The summed E-state index contributed by atoms with van der Waals surface area (Å²) in [5.41, 5.74) is 4.02. The Morgan fingerprint density at radius 3 is 2.34 bits per heavy atom. The molecule has 3 aromatic carbocycles. The van der Waals surface area contributed by atoms with E-state index in [1.54, 1.807) is 12.0 Å². The van der Waals surface area contributed by atoms with Gasteiger partial charge in [0.1, 0.15) is 5.75 Å². The van der Waals surface area contributed by atoms with Crippen LogP contribution in [0.2, 0.25) is 18.6 Å². The number of nitrogens with zero attached hydrogens (tertiary/aromatic N) is 2. The number of amides is 2. The normalized spacial score (nSPS) is 21.8. The number of hydrogen-bond acceptors (Lipinski definition) is 5. The molecule has 1 N–H and O–H groups in total. The second-order valence-corrected chi connectivity index (χ2v) is 19.4. The van der Waals surface area contributed by atoms with E-state index < -0.39 is 19.8 Å². The monoisotopic (exact) mass is 694 g/mol. The lowest BCUT2D eigenvalue weighted by Gasteiger charge is -2.37. The highest BCUT2D eigenvalue weighted by atomic mass is 28.3. The average molecular weight is 695 g/mol. The Kier molecular flexibility index (Phi) is 11.9. The summed E-state index contributed by atoms with van der Waals surface area (Å²) in [6, 6.07) is 26.1. The van der Waals surface area contributed by atoms with E-state index >= 15 is 0 Å². The molecule has 5 rings (SSSR count). The number of anilines is 1. The standard InChI is InChI=1S/C42H54N2O5Si/c1-30(2)14-13-15-31(3)24-25-44-37-19-12-11-18-36(37)42(41(44)47)32(4)40(50(6,7)35-22-20-34(48-5)21-23-35)38(49-42)28-39(46)43(26-27-45)29-33-16-9-8-10-17-33/h8-12,14,16-24,32,38,40,45H,13,15,25-29H2,1-7H3/b31-24+/t32-,38+,40-,42+/m0/s1. The molecule has 8 heteroatoms. The SMILES string of the molecule is COc1ccc([Si](C)(C)[C@@H]2[C@@H](CC(=O)N(CCO)Cc3ccccc3)O[C@]3(C(=O)N(C/C=C(\C)CCC=C(C)C)c4ccccc43)[C@H]2C)cc1. The number of ether oxygens (including phenoxy) is 2. The van der Waals surface area contributed by atoms with Gasteiger partial charge in [-0.2, -0.15) is 0 Å². The van der Waals surface area contributed by atoms with Gasteiger partial charge < -0.3 is 24.4 Å². The second-order valence-electron chi connectivity index (χ2n) is 14.7. The van der Waals surface area contributed by atoms with Gasteiger partial charge in [-0.1, -0.05) is 109 Å². The number of para-hydroxylation sites is 1. The summed E-state index contributed by atoms with van der Waals surface area (Å²) in [4.78, 5) is 32.8. The van der Waals surface area contributed by atoms with Gasteiger partial charge in [-0.15, -0.1) is 0 Å². The van der Waals surface area contributed by atoms with Crippen LogP contribution < -0.4 is 14.8 Å². The Labute approximate surface area is 299 Å². The maximum atomic E-state index is 14.9. The third-order valence-electron chi connectivity index (χ3n) is 10.8. The predicted molar refractivity (Wildman–Crippen MR) is 204 cm³/mol. The fourth-order valence-corrected chi connectivity index (χ4v) is 12.1. The van der Waals surface area contributed by atoms with Crippen LogP contribution in [-0.2, 0) is 26.5 Å². The molecule has 0 saturated carbocycles. The lowest BCUT2D eigenvalue weighted by molar-refractivity contribution is -0.149. The summed E-state index contributed by atoms with van der Waals surface area (Å²) >= 11 is 0. The second kappa shape index (κ2) is 15.9. The molecule has 266 valence electrons. The van der Waals surface area contributed by atoms with Crippen LogP contribution in [0.4, 0.5) is 5.69 Å². The molecule has 7 nitrogen and oxygen atoms in total. The third-order valence-corrected chi connectivity index (χ3v) is 15.1. The van der Waals surface area contributed by atoms with Crippen LogP contribution in [0.3, 0.4) is 0 Å². The van der Waals surface area contributed by atoms with Crippen LogP contribution in [0.15, 0.2) is 102 Å². The number of allylic oxidation sites excluding steroid dienone is 3. The van der Waals surface area contributed by atoms with Crippen LogP contribution in [0.5, 0.6) is 5.75 Å². The van der Waals surface area contributed by atoms with Crippen LogP contribution in [0.1, 0.15) is 58.1 Å². The number of aliphatic hydroxyl groups excluding tert-OH is 1. The zero-order chi connectivity index (χ0) is 36.1. The number of rotatable bonds is 14. The number of carbonyl (C=O) groups excluding carboxylic acids is 2. The number of carbonyl (C=O) groups is 2. The quantitative estimate of drug-likeness (QED) is 0.141. The largest absolute Gasteiger partial charge is 0.497 e. The first-order valence-corrected chi connectivity index (χ1v) is 21.0. The summed E-state index contributed by atoms with van der Waals surface area (Å²) < 4.78 is 12.7. The van der Waals surface area contributed by atoms with Crippen molar-refractivity contribution in [2.45, 2.75) is 83.8 Å². The summed E-state index contributed by atoms with van der Waals surface area (Å²) in [7, 11) is -0.754. The van der Waals surface area contributed by atoms with Crippen molar-refractivity contribution in [3.05, 3.63) is 113 Å². The van der Waals surface area contributed by atoms with E-state index in [2.05, 4.69) is 65.1 Å². The fraction of sp³-hybridized carbons (Fsp3) is 0.429. The maximum absolute atomic E-state index is 14.9. The zero-order valence-corrected chi connectivity index (χ0v) is 31.8. The van der Waals surface area contributed by atoms with Crippen LogP contribution in [0.25, 0.3) is 0 Å². The molecule has 2 aliphatic heterocycles. The predicted octanol–water partition coefficient (Wildman–Crippen LogP) is 7.36. The molecular weight excluding hydrogens is 641 g/mol. The minimum atomic E-state index is -2.42. The molecule has 50 heavy (non-hydrogen) atoms. The first kappa shape index (κ1) is 37.3. The minimum absolute atomic E-state index is 0.0597. The van der Waals surface area contributed by atoms with Gasteiger partial charge in [0.05, 0.1) is 40.0 Å². The molecule has 1 saturated heterocycles. The van der Waals surface area contributed by atoms with E-state index in [-0.39, 0.29) is 42.8 Å². The van der Waals surface area contributed by atoms with E-state index in [9.17, 15) is 14.7 Å². The summed E-state index contributed by atoms with van der Waals surface area (Å²) in [5, 5.41) is 11.2. The lowest BCUT2D eigenvalue weighted by atomic mass is 9.82. The van der Waals surface area contributed by atoms with E-state index in [0.717, 1.165) is 35.4 Å². The van der Waals surface area contributed by atoms with E-state index in [4.69, 9.17) is 9.47 Å². The van der Waals surface area contributed by atoms with E-state index in [1.807, 2.05) is 71.6 Å². The van der Waals surface area contributed by atoms with Gasteiger partial charge in [0.2, 0.25) is 5.91 Å². The molecule has 4 atom stereocenters. The molecule has 0 aliphatic carbocycles. The molecule has 0 aromatic heterocycles. The molecule has 2 amide bonds. The van der Waals surface area contributed by atoms with Crippen LogP contribution in [0, 0.1) is 5.92 Å². The number of methoxy groups -OCH3 is 1. The van der Waals surface area contributed by atoms with Gasteiger partial charge in [-0.3, -0.25) is 9.59 Å². The van der Waals surface area contributed by atoms with Crippen molar-refractivity contribution >= 4 is 30.8 Å². The van der Waals surface area contributed by atoms with Gasteiger partial charge >= 0.3 is 0 Å². The van der Waals surface area contributed by atoms with Crippen molar-refractivity contribution in [2.75, 3.05) is 31.7 Å². The van der Waals surface area contributed by atoms with Crippen molar-refractivity contribution in [1.82, 2.24) is 4.90 Å². The molecule has 0 bridgehead atoms. The maximum Gasteiger partial charge on any atom is 0.264 e. The molecular formula is C42H54N2O5Si. The van der Waals surface area contributed by atoms with E-state index in [0.29, 0.717) is 13.1 Å². The lowest BCUT2D eigenvalue weighted by Crippen LogP contribution is -2.52. The molecule has 1 spiro atoms. The van der Waals surface area contributed by atoms with Gasteiger partial charge in [-0.25, -0.2) is 0 Å². The van der Waals surface area contributed by atoms with Crippen molar-refractivity contribution in [1.29, 1.82) is 0 Å². The Morgan fingerprint density at radius 1 is 1.00 bits per heavy atom. The Bertz CT molecular complexity index is 1700. The molecule has 2 aliphatic rings. The van der Waals surface area contributed by atoms with Crippen molar-refractivity contribution in [3.8, 4) is 5.75 Å². The molecule has 0 radical (unpaired) electrons. The van der Waals surface area contributed by atoms with Crippen molar-refractivity contribution < 1.29 is 24.2 Å². The highest BCUT2D eigenvalue weighted by molar-refractivity contribution is 6.91. The highest BCUT2D eigenvalue weighted by Crippen LogP contribution is 2.60. The van der Waals surface area contributed by atoms with Crippen molar-refractivity contribution in [3.63, 3.8) is 0 Å². The van der Waals surface area contributed by atoms with Gasteiger partial charge in [0.15, 0.2) is 5.60 Å². The number of benzene rings is 3. The minimum Gasteiger partial charge on any atom is -0.497 e. The molecule has 3 aromatic rings. The molecule has 1 fully saturated rings. The van der Waals surface area contributed by atoms with E-state index in [1.165, 1.54) is 16.3 Å². The van der Waals surface area contributed by atoms with Crippen LogP contribution in [-0.4, -0.2) is 62.8 Å². The van der Waals surface area contributed by atoms with Crippen LogP contribution >= 0.6 is 0 Å². The van der Waals surface area contributed by atoms with Gasteiger partial charge in [0.25, 0.3) is 5.91 Å². The average Bonchev–Trinajstić information content (AvgIpc) is 3.53. The molecule has 0 unspecified atom stereocenters. The Morgan fingerprint density at radius 2 is 1.68 bits per heavy atom. The summed E-state index contributed by atoms with van der Waals surface area (Å²) in [5.74, 6) is 0.436. The summed E-state index contributed by atoms with van der Waals surface area (Å²) in [6.45, 7) is 14.1. The third kappa shape index (κ3) is 7.53. The Hall–Kier alpha value is -3.98. The first-order chi connectivity index (χ1) is 23.9. The number of aliphatic hydroxyl groups is 1. The Balaban J connectivity index is 1.53. The van der Waals surface area contributed by atoms with Gasteiger partial charge in [-0.05, 0) is 62.9 Å². The summed E-state index contributed by atoms with van der Waals surface area (Å²) in [6.07, 6.45) is 5.94. The number of hydrogen-bond donors (Lipinski definition) is 1. The topological polar surface area (TPSA) is 79.3 Å². The smallest absolute Gasteiger partial charge is 0.264 e. The number of fused-ring (bicyclic) bond motifs is 2.